The SMILES string of the molecule is CCN(CC)c1ccc(NC(=O)c2cc(OC)ncn2)c(C)c1. The van der Waals surface area contributed by atoms with Crippen molar-refractivity contribution < 1.29 is 9.53 Å². The highest BCUT2D eigenvalue weighted by Gasteiger charge is 2.12. The predicted octanol–water partition coefficient (Wildman–Crippen LogP) is 2.89. The van der Waals surface area contributed by atoms with Gasteiger partial charge in [0, 0.05) is 30.5 Å². The minimum Gasteiger partial charge on any atom is -0.481 e. The average Bonchev–Trinajstić information content (AvgIpc) is 2.58. The second-order valence-corrected chi connectivity index (χ2v) is 5.07. The maximum absolute atomic E-state index is 12.3. The number of aromatic nitrogens is 2. The van der Waals surface area contributed by atoms with Crippen molar-refractivity contribution in [3.05, 3.63) is 41.9 Å². The van der Waals surface area contributed by atoms with E-state index in [1.165, 1.54) is 19.5 Å². The molecule has 0 saturated carbocycles. The standard InChI is InChI=1S/C17H22N4O2/c1-5-21(6-2)13-7-8-14(12(3)9-13)20-17(22)15-10-16(23-4)19-11-18-15/h7-11H,5-6H2,1-4H3,(H,20,22). The minimum absolute atomic E-state index is 0.268. The average molecular weight is 314 g/mol. The number of carbonyl (C=O) groups is 1. The highest BCUT2D eigenvalue weighted by atomic mass is 16.5. The molecule has 1 amide bonds. The third-order valence-corrected chi connectivity index (χ3v) is 3.67. The topological polar surface area (TPSA) is 67.4 Å². The summed E-state index contributed by atoms with van der Waals surface area (Å²) in [6.45, 7) is 8.11. The lowest BCUT2D eigenvalue weighted by molar-refractivity contribution is 0.102. The van der Waals surface area contributed by atoms with Crippen LogP contribution in [0.1, 0.15) is 29.9 Å². The zero-order chi connectivity index (χ0) is 16.8. The van der Waals surface area contributed by atoms with Gasteiger partial charge in [-0.2, -0.15) is 0 Å². The molecule has 0 spiro atoms. The fourth-order valence-corrected chi connectivity index (χ4v) is 2.34. The van der Waals surface area contributed by atoms with Gasteiger partial charge < -0.3 is 15.0 Å². The van der Waals surface area contributed by atoms with E-state index in [0.717, 1.165) is 30.0 Å². The second-order valence-electron chi connectivity index (χ2n) is 5.07. The van der Waals surface area contributed by atoms with Gasteiger partial charge >= 0.3 is 0 Å². The van der Waals surface area contributed by atoms with Crippen LogP contribution < -0.4 is 15.0 Å². The van der Waals surface area contributed by atoms with Gasteiger partial charge in [-0.3, -0.25) is 4.79 Å². The molecule has 0 bridgehead atoms. The van der Waals surface area contributed by atoms with Gasteiger partial charge in [-0.05, 0) is 44.5 Å². The molecule has 0 fully saturated rings. The number of ether oxygens (including phenoxy) is 1. The number of benzene rings is 1. The number of hydrogen-bond donors (Lipinski definition) is 1. The maximum atomic E-state index is 12.3. The van der Waals surface area contributed by atoms with Crippen LogP contribution in [0.3, 0.4) is 0 Å². The van der Waals surface area contributed by atoms with E-state index in [2.05, 4.69) is 40.1 Å². The van der Waals surface area contributed by atoms with Crippen molar-refractivity contribution in [2.24, 2.45) is 0 Å². The molecule has 1 aromatic carbocycles. The van der Waals surface area contributed by atoms with Crippen molar-refractivity contribution in [1.82, 2.24) is 9.97 Å². The van der Waals surface area contributed by atoms with E-state index < -0.39 is 0 Å². The van der Waals surface area contributed by atoms with Gasteiger partial charge in [0.15, 0.2) is 0 Å². The number of aryl methyl sites for hydroxylation is 1. The third kappa shape index (κ3) is 3.97. The molecule has 1 aromatic heterocycles. The molecule has 122 valence electrons. The molecule has 2 aromatic rings. The molecular formula is C17H22N4O2. The molecule has 0 saturated heterocycles. The van der Waals surface area contributed by atoms with Crippen molar-refractivity contribution in [1.29, 1.82) is 0 Å². The molecule has 0 aliphatic heterocycles. The zero-order valence-corrected chi connectivity index (χ0v) is 14.0. The number of nitrogens with one attached hydrogen (secondary N) is 1. The van der Waals surface area contributed by atoms with Crippen molar-refractivity contribution in [3.8, 4) is 5.88 Å². The van der Waals surface area contributed by atoms with Crippen LogP contribution in [-0.4, -0.2) is 36.1 Å². The van der Waals surface area contributed by atoms with E-state index >= 15 is 0 Å². The molecule has 0 aliphatic rings. The summed E-state index contributed by atoms with van der Waals surface area (Å²) in [5.41, 5.74) is 3.19. The Hall–Kier alpha value is -2.63. The van der Waals surface area contributed by atoms with Crippen molar-refractivity contribution in [2.45, 2.75) is 20.8 Å². The van der Waals surface area contributed by atoms with Gasteiger partial charge in [-0.25, -0.2) is 9.97 Å². The number of nitrogens with zero attached hydrogens (tertiary/aromatic N) is 3. The molecule has 6 nitrogen and oxygen atoms in total. The number of hydrogen-bond acceptors (Lipinski definition) is 5. The van der Waals surface area contributed by atoms with Crippen molar-refractivity contribution >= 4 is 17.3 Å². The molecule has 0 unspecified atom stereocenters. The Bertz CT molecular complexity index is 684. The number of amides is 1. The fraction of sp³-hybridized carbons (Fsp3) is 0.353. The first-order valence-electron chi connectivity index (χ1n) is 7.62. The van der Waals surface area contributed by atoms with E-state index in [0.29, 0.717) is 5.88 Å². The van der Waals surface area contributed by atoms with Gasteiger partial charge in [0.2, 0.25) is 5.88 Å². The van der Waals surface area contributed by atoms with E-state index in [4.69, 9.17) is 4.74 Å². The lowest BCUT2D eigenvalue weighted by atomic mass is 10.1. The first kappa shape index (κ1) is 16.7. The van der Waals surface area contributed by atoms with Crippen LogP contribution in [-0.2, 0) is 0 Å². The van der Waals surface area contributed by atoms with E-state index in [-0.39, 0.29) is 11.6 Å². The van der Waals surface area contributed by atoms with Crippen LogP contribution >= 0.6 is 0 Å². The highest BCUT2D eigenvalue weighted by molar-refractivity contribution is 6.03. The van der Waals surface area contributed by atoms with E-state index in [9.17, 15) is 4.79 Å². The van der Waals surface area contributed by atoms with Gasteiger partial charge in [0.1, 0.15) is 12.0 Å². The summed E-state index contributed by atoms with van der Waals surface area (Å²) in [6, 6.07) is 7.51. The molecule has 1 heterocycles. The number of carbonyl (C=O) groups excluding carboxylic acids is 1. The highest BCUT2D eigenvalue weighted by Crippen LogP contribution is 2.23. The van der Waals surface area contributed by atoms with Crippen molar-refractivity contribution in [2.75, 3.05) is 30.4 Å². The Labute approximate surface area is 136 Å². The van der Waals surface area contributed by atoms with Crippen LogP contribution in [0.25, 0.3) is 0 Å². The Morgan fingerprint density at radius 2 is 1.96 bits per heavy atom. The van der Waals surface area contributed by atoms with Crippen LogP contribution in [0, 0.1) is 6.92 Å². The lowest BCUT2D eigenvalue weighted by Crippen LogP contribution is -2.22. The quantitative estimate of drug-likeness (QED) is 0.888. The molecule has 23 heavy (non-hydrogen) atoms. The van der Waals surface area contributed by atoms with Gasteiger partial charge in [0.05, 0.1) is 7.11 Å². The van der Waals surface area contributed by atoms with Crippen molar-refractivity contribution in [3.63, 3.8) is 0 Å². The Balaban J connectivity index is 2.17. The monoisotopic (exact) mass is 314 g/mol. The predicted molar refractivity (Wildman–Crippen MR) is 91.3 cm³/mol. The van der Waals surface area contributed by atoms with E-state index in [1.807, 2.05) is 19.1 Å². The Morgan fingerprint density at radius 3 is 2.57 bits per heavy atom. The Morgan fingerprint density at radius 1 is 1.22 bits per heavy atom. The summed E-state index contributed by atoms with van der Waals surface area (Å²) in [5.74, 6) is 0.0724. The third-order valence-electron chi connectivity index (χ3n) is 3.67. The summed E-state index contributed by atoms with van der Waals surface area (Å²) in [4.78, 5) is 22.4. The molecule has 0 aliphatic carbocycles. The van der Waals surface area contributed by atoms with Crippen LogP contribution in [0.4, 0.5) is 11.4 Å². The van der Waals surface area contributed by atoms with E-state index in [1.54, 1.807) is 0 Å². The Kier molecular flexibility index (Phi) is 5.51. The fourth-order valence-electron chi connectivity index (χ4n) is 2.34. The number of anilines is 2. The normalized spacial score (nSPS) is 10.3. The number of methoxy groups -OCH3 is 1. The van der Waals surface area contributed by atoms with Gasteiger partial charge in [0.25, 0.3) is 5.91 Å². The summed E-state index contributed by atoms with van der Waals surface area (Å²) in [5, 5.41) is 2.88. The van der Waals surface area contributed by atoms with Crippen LogP contribution in [0.2, 0.25) is 0 Å². The second kappa shape index (κ2) is 7.58. The summed E-state index contributed by atoms with van der Waals surface area (Å²) >= 11 is 0. The van der Waals surface area contributed by atoms with Crippen LogP contribution in [0.5, 0.6) is 5.88 Å². The smallest absolute Gasteiger partial charge is 0.274 e. The largest absolute Gasteiger partial charge is 0.481 e. The molecule has 1 N–H and O–H groups in total. The first-order valence-corrected chi connectivity index (χ1v) is 7.62. The number of rotatable bonds is 6. The lowest BCUT2D eigenvalue weighted by Gasteiger charge is -2.22. The summed E-state index contributed by atoms with van der Waals surface area (Å²) in [7, 11) is 1.50. The van der Waals surface area contributed by atoms with Gasteiger partial charge in [-0.15, -0.1) is 0 Å². The molecular weight excluding hydrogens is 292 g/mol. The maximum Gasteiger partial charge on any atom is 0.274 e. The summed E-state index contributed by atoms with van der Waals surface area (Å²) < 4.78 is 5.01. The minimum atomic E-state index is -0.288. The molecule has 0 atom stereocenters. The molecule has 0 radical (unpaired) electrons. The van der Waals surface area contributed by atoms with Crippen LogP contribution in [0.15, 0.2) is 30.6 Å². The molecule has 6 heteroatoms. The zero-order valence-electron chi connectivity index (χ0n) is 14.0. The molecule has 2 rings (SSSR count). The summed E-state index contributed by atoms with van der Waals surface area (Å²) in [6.07, 6.45) is 1.31. The van der Waals surface area contributed by atoms with Gasteiger partial charge in [-0.1, -0.05) is 0 Å². The first-order chi connectivity index (χ1) is 11.1.